The smallest absolute Gasteiger partial charge is 0.250 e. The molecule has 1 aromatic heterocycles. The highest BCUT2D eigenvalue weighted by molar-refractivity contribution is 5.83. The van der Waals surface area contributed by atoms with E-state index in [4.69, 9.17) is 14.7 Å². The van der Waals surface area contributed by atoms with Gasteiger partial charge in [0.25, 0.3) is 0 Å². The number of morpholine rings is 1. The minimum absolute atomic E-state index is 0.141. The predicted octanol–water partition coefficient (Wildman–Crippen LogP) is 4.33. The third-order valence-electron chi connectivity index (χ3n) is 5.44. The number of rotatable bonds is 7. The second-order valence-electron chi connectivity index (χ2n) is 7.79. The average molecular weight is 468 g/mol. The van der Waals surface area contributed by atoms with E-state index >= 15 is 0 Å². The fraction of sp³-hybridized carbons (Fsp3) is 0.154. The standard InChI is InChI=1S/C26H25N7O2/c34-23-14-8-7-9-20(23)19-27-31-24-28-25(32-15-17-35-18-16-32)30-26(29-24)33(21-10-3-1-4-11-21)22-12-5-2-6-13-22/h1-14,19,34H,15-18H2,(H,28,29,30,31). The van der Waals surface area contributed by atoms with Gasteiger partial charge in [0.15, 0.2) is 0 Å². The van der Waals surface area contributed by atoms with Crippen LogP contribution in [0.15, 0.2) is 90.0 Å². The molecule has 0 spiro atoms. The lowest BCUT2D eigenvalue weighted by Gasteiger charge is -2.28. The van der Waals surface area contributed by atoms with Gasteiger partial charge in [0.1, 0.15) is 5.75 Å². The molecule has 2 N–H and O–H groups in total. The molecule has 9 heteroatoms. The molecule has 0 amide bonds. The normalized spacial score (nSPS) is 13.7. The number of benzene rings is 3. The van der Waals surface area contributed by atoms with E-state index in [1.54, 1.807) is 18.2 Å². The van der Waals surface area contributed by atoms with Crippen molar-refractivity contribution in [1.29, 1.82) is 0 Å². The Labute approximate surface area is 203 Å². The first-order valence-electron chi connectivity index (χ1n) is 11.3. The number of ether oxygens (including phenoxy) is 1. The molecule has 176 valence electrons. The van der Waals surface area contributed by atoms with Gasteiger partial charge in [0, 0.05) is 30.0 Å². The van der Waals surface area contributed by atoms with Gasteiger partial charge >= 0.3 is 0 Å². The van der Waals surface area contributed by atoms with Crippen molar-refractivity contribution in [3.63, 3.8) is 0 Å². The quantitative estimate of drug-likeness (QED) is 0.306. The number of nitrogens with zero attached hydrogens (tertiary/aromatic N) is 6. The predicted molar refractivity (Wildman–Crippen MR) is 137 cm³/mol. The molecule has 1 fully saturated rings. The van der Waals surface area contributed by atoms with E-state index in [2.05, 4.69) is 20.4 Å². The number of para-hydroxylation sites is 3. The van der Waals surface area contributed by atoms with Crippen LogP contribution in [0, 0.1) is 0 Å². The zero-order valence-electron chi connectivity index (χ0n) is 19.0. The van der Waals surface area contributed by atoms with Gasteiger partial charge in [-0.25, -0.2) is 5.43 Å². The molecule has 1 aliphatic heterocycles. The Kier molecular flexibility index (Phi) is 6.77. The van der Waals surface area contributed by atoms with E-state index in [9.17, 15) is 5.11 Å². The second kappa shape index (κ2) is 10.6. The van der Waals surface area contributed by atoms with Crippen LogP contribution in [0.25, 0.3) is 0 Å². The lowest BCUT2D eigenvalue weighted by molar-refractivity contribution is 0.122. The van der Waals surface area contributed by atoms with Gasteiger partial charge in [0.2, 0.25) is 17.8 Å². The number of hydrazone groups is 1. The van der Waals surface area contributed by atoms with E-state index in [1.807, 2.05) is 71.6 Å². The molecule has 0 radical (unpaired) electrons. The second-order valence-corrected chi connectivity index (χ2v) is 7.79. The van der Waals surface area contributed by atoms with Crippen LogP contribution in [0.5, 0.6) is 5.75 Å². The first-order chi connectivity index (χ1) is 17.3. The van der Waals surface area contributed by atoms with Crippen molar-refractivity contribution in [2.45, 2.75) is 0 Å². The van der Waals surface area contributed by atoms with Crippen molar-refractivity contribution in [3.05, 3.63) is 90.5 Å². The number of nitrogens with one attached hydrogen (secondary N) is 1. The molecule has 5 rings (SSSR count). The zero-order valence-corrected chi connectivity index (χ0v) is 19.0. The molecular weight excluding hydrogens is 442 g/mol. The molecule has 2 heterocycles. The molecule has 35 heavy (non-hydrogen) atoms. The molecule has 3 aromatic carbocycles. The van der Waals surface area contributed by atoms with Gasteiger partial charge in [-0.2, -0.15) is 20.1 Å². The highest BCUT2D eigenvalue weighted by Crippen LogP contribution is 2.33. The Morgan fingerprint density at radius 2 is 1.46 bits per heavy atom. The molecule has 0 atom stereocenters. The first-order valence-corrected chi connectivity index (χ1v) is 11.3. The van der Waals surface area contributed by atoms with Gasteiger partial charge in [-0.1, -0.05) is 48.5 Å². The van der Waals surface area contributed by atoms with Gasteiger partial charge in [-0.3, -0.25) is 4.90 Å². The number of hydrogen-bond donors (Lipinski definition) is 2. The monoisotopic (exact) mass is 467 g/mol. The molecule has 0 bridgehead atoms. The van der Waals surface area contributed by atoms with Crippen LogP contribution in [-0.2, 0) is 4.74 Å². The van der Waals surface area contributed by atoms with Crippen molar-refractivity contribution < 1.29 is 9.84 Å². The van der Waals surface area contributed by atoms with E-state index in [1.165, 1.54) is 6.21 Å². The molecule has 1 saturated heterocycles. The highest BCUT2D eigenvalue weighted by Gasteiger charge is 2.21. The summed E-state index contributed by atoms with van der Waals surface area (Å²) in [7, 11) is 0. The van der Waals surface area contributed by atoms with Crippen LogP contribution in [0.3, 0.4) is 0 Å². The number of hydrogen-bond acceptors (Lipinski definition) is 9. The summed E-state index contributed by atoms with van der Waals surface area (Å²) in [5.74, 6) is 1.43. The summed E-state index contributed by atoms with van der Waals surface area (Å²) >= 11 is 0. The SMILES string of the molecule is Oc1ccccc1C=NNc1nc(N2CCOCC2)nc(N(c2ccccc2)c2ccccc2)n1. The Morgan fingerprint density at radius 3 is 2.11 bits per heavy atom. The first kappa shape index (κ1) is 22.3. The van der Waals surface area contributed by atoms with Crippen LogP contribution >= 0.6 is 0 Å². The summed E-state index contributed by atoms with van der Waals surface area (Å²) < 4.78 is 5.51. The van der Waals surface area contributed by atoms with E-state index in [-0.39, 0.29) is 5.75 Å². The fourth-order valence-corrected chi connectivity index (χ4v) is 3.70. The van der Waals surface area contributed by atoms with Gasteiger partial charge in [-0.05, 0) is 36.4 Å². The largest absolute Gasteiger partial charge is 0.507 e. The summed E-state index contributed by atoms with van der Waals surface area (Å²) in [5, 5.41) is 14.3. The Balaban J connectivity index is 1.55. The molecule has 0 aliphatic carbocycles. The summed E-state index contributed by atoms with van der Waals surface area (Å²) in [5.41, 5.74) is 5.33. The van der Waals surface area contributed by atoms with Crippen molar-refractivity contribution in [1.82, 2.24) is 15.0 Å². The number of phenols is 1. The van der Waals surface area contributed by atoms with E-state index < -0.39 is 0 Å². The van der Waals surface area contributed by atoms with Gasteiger partial charge in [-0.15, -0.1) is 0 Å². The molecule has 0 saturated carbocycles. The van der Waals surface area contributed by atoms with Crippen molar-refractivity contribution in [2.24, 2.45) is 5.10 Å². The Bertz CT molecular complexity index is 1240. The van der Waals surface area contributed by atoms with Crippen LogP contribution in [-0.4, -0.2) is 52.6 Å². The Hall–Kier alpha value is -4.50. The Morgan fingerprint density at radius 1 is 0.829 bits per heavy atom. The lowest BCUT2D eigenvalue weighted by atomic mass is 10.2. The lowest BCUT2D eigenvalue weighted by Crippen LogP contribution is -2.37. The average Bonchev–Trinajstić information content (AvgIpc) is 2.92. The van der Waals surface area contributed by atoms with E-state index in [0.717, 1.165) is 11.4 Å². The molecule has 9 nitrogen and oxygen atoms in total. The number of anilines is 5. The molecule has 0 unspecified atom stereocenters. The maximum Gasteiger partial charge on any atom is 0.250 e. The van der Waals surface area contributed by atoms with Gasteiger partial charge < -0.3 is 14.7 Å². The third kappa shape index (κ3) is 5.36. The minimum atomic E-state index is 0.141. The summed E-state index contributed by atoms with van der Waals surface area (Å²) in [4.78, 5) is 18.2. The third-order valence-corrected chi connectivity index (χ3v) is 5.44. The van der Waals surface area contributed by atoms with Crippen molar-refractivity contribution in [2.75, 3.05) is 41.5 Å². The summed E-state index contributed by atoms with van der Waals surface area (Å²) in [6, 6.07) is 26.9. The topological polar surface area (TPSA) is 99.0 Å². The number of phenolic OH excluding ortho intramolecular Hbond substituents is 1. The summed E-state index contributed by atoms with van der Waals surface area (Å²) in [6.45, 7) is 2.58. The highest BCUT2D eigenvalue weighted by atomic mass is 16.5. The minimum Gasteiger partial charge on any atom is -0.507 e. The molecule has 1 aliphatic rings. The van der Waals surface area contributed by atoms with Crippen molar-refractivity contribution in [3.8, 4) is 5.75 Å². The van der Waals surface area contributed by atoms with Gasteiger partial charge in [0.05, 0.1) is 19.4 Å². The molecule has 4 aromatic rings. The van der Waals surface area contributed by atoms with E-state index in [0.29, 0.717) is 49.7 Å². The van der Waals surface area contributed by atoms with Crippen LogP contribution in [0.1, 0.15) is 5.56 Å². The maximum atomic E-state index is 10.0. The van der Waals surface area contributed by atoms with Crippen LogP contribution in [0.4, 0.5) is 29.2 Å². The zero-order chi connectivity index (χ0) is 23.9. The number of aromatic nitrogens is 3. The molecular formula is C26H25N7O2. The number of aromatic hydroxyl groups is 1. The fourth-order valence-electron chi connectivity index (χ4n) is 3.70. The van der Waals surface area contributed by atoms with Crippen molar-refractivity contribution >= 4 is 35.4 Å². The maximum absolute atomic E-state index is 10.0. The van der Waals surface area contributed by atoms with Crippen LogP contribution in [0.2, 0.25) is 0 Å². The van der Waals surface area contributed by atoms with Crippen LogP contribution < -0.4 is 15.2 Å². The summed E-state index contributed by atoms with van der Waals surface area (Å²) in [6.07, 6.45) is 1.53.